The van der Waals surface area contributed by atoms with Gasteiger partial charge in [0, 0.05) is 6.54 Å². The molecule has 8 fully saturated rings. The Labute approximate surface area is 287 Å². The van der Waals surface area contributed by atoms with Gasteiger partial charge in [0.2, 0.25) is 5.91 Å². The molecule has 46 heavy (non-hydrogen) atoms. The molecule has 0 aromatic rings. The van der Waals surface area contributed by atoms with Gasteiger partial charge in [-0.1, -0.05) is 88.4 Å². The lowest BCUT2D eigenvalue weighted by Crippen LogP contribution is -2.67. The maximum absolute atomic E-state index is 12.5. The van der Waals surface area contributed by atoms with E-state index in [0.717, 1.165) is 38.6 Å². The van der Waals surface area contributed by atoms with E-state index in [1.54, 1.807) is 0 Å². The number of carbonyl (C=O) groups excluding carboxylic acids is 2. The molecule has 2 saturated heterocycles. The molecule has 2 heterocycles. The van der Waals surface area contributed by atoms with Crippen molar-refractivity contribution in [3.8, 4) is 0 Å². The quantitative estimate of drug-likeness (QED) is 0.135. The first-order valence-corrected chi connectivity index (χ1v) is 16.5. The van der Waals surface area contributed by atoms with Crippen molar-refractivity contribution in [1.82, 2.24) is 10.2 Å². The molecule has 8 rings (SSSR count). The zero-order valence-corrected chi connectivity index (χ0v) is 28.0. The van der Waals surface area contributed by atoms with Gasteiger partial charge in [-0.05, 0) is 94.3 Å². The summed E-state index contributed by atoms with van der Waals surface area (Å²) in [6.07, 6.45) is 7.05. The van der Waals surface area contributed by atoms with Gasteiger partial charge in [0.25, 0.3) is 0 Å². The third kappa shape index (κ3) is 7.18. The summed E-state index contributed by atoms with van der Waals surface area (Å²) in [6, 6.07) is 0. The third-order valence-electron chi connectivity index (χ3n) is 11.8. The third-order valence-corrected chi connectivity index (χ3v) is 11.9. The lowest BCUT2D eigenvalue weighted by molar-refractivity contribution is -0.234. The fourth-order valence-corrected chi connectivity index (χ4v) is 9.75. The maximum atomic E-state index is 12.5. The molecule has 9 nitrogen and oxygen atoms in total. The Hall–Kier alpha value is -0.910. The van der Waals surface area contributed by atoms with Gasteiger partial charge in [-0.3, -0.25) is 9.59 Å². The molecule has 0 radical (unpaired) electrons. The van der Waals surface area contributed by atoms with Gasteiger partial charge in [0.05, 0.1) is 25.0 Å². The molecule has 8 aliphatic rings. The predicted octanol–water partition coefficient (Wildman–Crippen LogP) is 8.02. The number of ether oxygens (including phenoxy) is 4. The fourth-order valence-electron chi connectivity index (χ4n) is 9.65. The molecule has 6 saturated carbocycles. The van der Waals surface area contributed by atoms with E-state index >= 15 is 0 Å². The highest BCUT2D eigenvalue weighted by Gasteiger charge is 2.72. The minimum absolute atomic E-state index is 0. The lowest BCUT2D eigenvalue weighted by Gasteiger charge is -2.64. The second-order valence-electron chi connectivity index (χ2n) is 15.8. The topological polar surface area (TPSA) is 104 Å². The van der Waals surface area contributed by atoms with E-state index in [2.05, 4.69) is 57.6 Å². The van der Waals surface area contributed by atoms with Crippen LogP contribution in [0.25, 0.3) is 0 Å². The molecule has 10 heteroatoms. The molecular weight excluding hydrogens is 604 g/mol. The average molecular weight is 675 g/mol. The Kier molecular flexibility index (Phi) is 13.6. The van der Waals surface area contributed by atoms with Crippen LogP contribution in [0.3, 0.4) is 0 Å². The summed E-state index contributed by atoms with van der Waals surface area (Å²) in [5, 5.41) is 3.06. The van der Waals surface area contributed by atoms with Crippen molar-refractivity contribution in [3.63, 3.8) is 0 Å². The van der Waals surface area contributed by atoms with E-state index in [4.69, 9.17) is 23.8 Å². The fraction of sp³-hybridized carbons (Fsp3) is 0.944. The minimum Gasteiger partial charge on any atom is -0.360 e. The first-order chi connectivity index (χ1) is 19.4. The van der Waals surface area contributed by atoms with Crippen molar-refractivity contribution >= 4 is 24.7 Å². The van der Waals surface area contributed by atoms with Gasteiger partial charge in [0.15, 0.2) is 11.6 Å². The number of thiol groups is 1. The van der Waals surface area contributed by atoms with E-state index < -0.39 is 22.8 Å². The van der Waals surface area contributed by atoms with Crippen molar-refractivity contribution < 1.29 is 33.4 Å². The molecule has 4 bridgehead atoms. The number of nitrogens with one attached hydrogen (secondary N) is 2. The van der Waals surface area contributed by atoms with Crippen LogP contribution in [0.15, 0.2) is 0 Å². The average Bonchev–Trinajstić information content (AvgIpc) is 3.30. The normalized spacial score (nSPS) is 38.4. The van der Waals surface area contributed by atoms with Crippen LogP contribution in [0.5, 0.6) is 0 Å². The second kappa shape index (κ2) is 14.5. The van der Waals surface area contributed by atoms with Crippen LogP contribution in [-0.2, 0) is 33.4 Å². The number of hydrogen-bond donors (Lipinski definition) is 3. The molecule has 0 aromatic heterocycles. The molecule has 2 aliphatic heterocycles. The van der Waals surface area contributed by atoms with E-state index in [1.807, 2.05) is 27.7 Å². The first kappa shape index (κ1) is 43.1. The lowest BCUT2D eigenvalue weighted by atomic mass is 9.43. The van der Waals surface area contributed by atoms with Crippen LogP contribution in [0.2, 0.25) is 0 Å². The Bertz CT molecular complexity index is 1060. The molecule has 0 aromatic carbocycles. The molecule has 272 valence electrons. The van der Waals surface area contributed by atoms with E-state index in [0.29, 0.717) is 30.1 Å². The van der Waals surface area contributed by atoms with Gasteiger partial charge >= 0.3 is 5.97 Å². The highest BCUT2D eigenvalue weighted by atomic mass is 32.1. The van der Waals surface area contributed by atoms with E-state index in [9.17, 15) is 9.59 Å². The van der Waals surface area contributed by atoms with Crippen molar-refractivity contribution in [3.05, 3.63) is 0 Å². The van der Waals surface area contributed by atoms with Crippen molar-refractivity contribution in [2.24, 2.45) is 34.5 Å². The van der Waals surface area contributed by atoms with E-state index in [-0.39, 0.29) is 71.0 Å². The summed E-state index contributed by atoms with van der Waals surface area (Å²) in [6.45, 7) is 19.9. The van der Waals surface area contributed by atoms with Gasteiger partial charge in [0.1, 0.15) is 11.2 Å². The Morgan fingerprint density at radius 3 is 1.57 bits per heavy atom. The zero-order chi connectivity index (χ0) is 30.9. The summed E-state index contributed by atoms with van der Waals surface area (Å²) in [4.78, 5) is 31.4. The molecule has 6 unspecified atom stereocenters. The SMILES string of the molecule is C.C.C.C.CC1(C)OC2CC3CC(C3(C)C)[C@@]2(CC(=O)ONS)O1.CCCCNC(=O)C[C@]12OC(C)(C)OC1CC1CC2C1(C)C. The summed E-state index contributed by atoms with van der Waals surface area (Å²) in [5.74, 6) is 0.636. The highest BCUT2D eigenvalue weighted by molar-refractivity contribution is 7.77. The molecule has 0 spiro atoms. The molecule has 6 aliphatic carbocycles. The van der Waals surface area contributed by atoms with Crippen LogP contribution in [-0.4, -0.2) is 53.4 Å². The van der Waals surface area contributed by atoms with Gasteiger partial charge in [-0.25, -0.2) is 0 Å². The van der Waals surface area contributed by atoms with Crippen molar-refractivity contribution in [1.29, 1.82) is 0 Å². The van der Waals surface area contributed by atoms with Crippen molar-refractivity contribution in [2.45, 2.75) is 178 Å². The number of amides is 1. The van der Waals surface area contributed by atoms with Crippen LogP contribution < -0.4 is 10.2 Å². The number of hydrogen-bond acceptors (Lipinski definition) is 9. The van der Waals surface area contributed by atoms with Gasteiger partial charge in [-0.15, -0.1) is 0 Å². The summed E-state index contributed by atoms with van der Waals surface area (Å²) >= 11 is 3.71. The summed E-state index contributed by atoms with van der Waals surface area (Å²) in [5.41, 5.74) is -0.555. The zero-order valence-electron chi connectivity index (χ0n) is 27.1. The van der Waals surface area contributed by atoms with Gasteiger partial charge in [-0.2, -0.15) is 0 Å². The molecule has 8 atom stereocenters. The Morgan fingerprint density at radius 1 is 0.739 bits per heavy atom. The van der Waals surface area contributed by atoms with E-state index in [1.165, 1.54) is 6.42 Å². The van der Waals surface area contributed by atoms with Crippen LogP contribution in [0, 0.1) is 34.5 Å². The standard InChI is InChI=1S/C18H31NO3.C14H23NO4S.4CH4/c1-6-7-8-19-15(20)11-18-13-9-12(16(13,2)3)10-14(18)21-17(4,5)22-18;1-12(2)8-5-9(12)14(7-11(16)18-15-20)10(6-8)17-13(3,4)19-14;;;;/h12-14H,6-11H2,1-5H3,(H,19,20);8-10,15,20H,5-7H2,1-4H3;4*1H4/t12?,13?,14?,18-;8?,9?,10?,14-;;;;/m11..../s1. The second-order valence-corrected chi connectivity index (χ2v) is 16.0. The molecular formula is C36H70N2O7S. The minimum atomic E-state index is -0.646. The summed E-state index contributed by atoms with van der Waals surface area (Å²) < 4.78 is 24.9. The Balaban J connectivity index is 0.000000425. The molecule has 2 N–H and O–H groups in total. The first-order valence-electron chi connectivity index (χ1n) is 16.0. The smallest absolute Gasteiger partial charge is 0.328 e. The largest absolute Gasteiger partial charge is 0.360 e. The number of rotatable bonds is 8. The predicted molar refractivity (Wildman–Crippen MR) is 188 cm³/mol. The molecule has 1 amide bonds. The summed E-state index contributed by atoms with van der Waals surface area (Å²) in [7, 11) is 0. The number of unbranched alkanes of at least 4 members (excludes halogenated alkanes) is 1. The van der Waals surface area contributed by atoms with Crippen molar-refractivity contribution in [2.75, 3.05) is 6.54 Å². The Morgan fingerprint density at radius 2 is 1.17 bits per heavy atom. The maximum Gasteiger partial charge on any atom is 0.328 e. The van der Waals surface area contributed by atoms with Gasteiger partial charge < -0.3 is 29.1 Å². The highest BCUT2D eigenvalue weighted by Crippen LogP contribution is 2.69. The van der Waals surface area contributed by atoms with Crippen LogP contribution in [0.1, 0.15) is 143 Å². The number of carbonyl (C=O) groups is 2. The van der Waals surface area contributed by atoms with Crippen LogP contribution in [0.4, 0.5) is 0 Å². The van der Waals surface area contributed by atoms with Crippen LogP contribution >= 0.6 is 12.8 Å². The monoisotopic (exact) mass is 674 g/mol.